The molecule has 4 aromatic rings. The first-order valence-electron chi connectivity index (χ1n) is 9.85. The number of fused-ring (bicyclic) bond motifs is 1. The highest BCUT2D eigenvalue weighted by atomic mass is 32.1. The van der Waals surface area contributed by atoms with Gasteiger partial charge in [0.2, 0.25) is 5.91 Å². The lowest BCUT2D eigenvalue weighted by atomic mass is 10.2. The smallest absolute Gasteiger partial charge is 0.263 e. The molecule has 1 aromatic carbocycles. The van der Waals surface area contributed by atoms with Crippen molar-refractivity contribution >= 4 is 50.4 Å². The molecule has 8 nitrogen and oxygen atoms in total. The SMILES string of the molecule is CCNC(=O)COc1ccc(NC(=O)Cn2cnc3scc(-c4cccs4)c3c2=O)cc1. The van der Waals surface area contributed by atoms with Crippen molar-refractivity contribution in [3.63, 3.8) is 0 Å². The van der Waals surface area contributed by atoms with E-state index in [-0.39, 0.29) is 30.5 Å². The highest BCUT2D eigenvalue weighted by Crippen LogP contribution is 2.33. The number of amides is 2. The Morgan fingerprint density at radius 3 is 2.66 bits per heavy atom. The molecule has 0 spiro atoms. The highest BCUT2D eigenvalue weighted by molar-refractivity contribution is 7.18. The maximum absolute atomic E-state index is 13.0. The van der Waals surface area contributed by atoms with Gasteiger partial charge < -0.3 is 15.4 Å². The molecule has 0 saturated carbocycles. The first-order valence-corrected chi connectivity index (χ1v) is 11.6. The summed E-state index contributed by atoms with van der Waals surface area (Å²) in [5, 5.41) is 9.81. The summed E-state index contributed by atoms with van der Waals surface area (Å²) in [4.78, 5) is 43.0. The van der Waals surface area contributed by atoms with Gasteiger partial charge in [-0.15, -0.1) is 22.7 Å². The molecular weight excluding hydrogens is 448 g/mol. The molecule has 164 valence electrons. The van der Waals surface area contributed by atoms with Gasteiger partial charge in [-0.2, -0.15) is 0 Å². The molecule has 0 aliphatic heterocycles. The first kappa shape index (κ1) is 21.7. The van der Waals surface area contributed by atoms with Gasteiger partial charge in [-0.3, -0.25) is 19.0 Å². The molecule has 10 heteroatoms. The fourth-order valence-corrected chi connectivity index (χ4v) is 4.80. The Balaban J connectivity index is 1.43. The molecule has 32 heavy (non-hydrogen) atoms. The zero-order valence-corrected chi connectivity index (χ0v) is 18.8. The van der Waals surface area contributed by atoms with Crippen LogP contribution >= 0.6 is 22.7 Å². The third kappa shape index (κ3) is 4.87. The number of nitrogens with zero attached hydrogens (tertiary/aromatic N) is 2. The minimum absolute atomic E-state index is 0.0754. The number of hydrogen-bond acceptors (Lipinski definition) is 7. The maximum Gasteiger partial charge on any atom is 0.263 e. The Morgan fingerprint density at radius 2 is 1.94 bits per heavy atom. The molecule has 0 bridgehead atoms. The van der Waals surface area contributed by atoms with Crippen LogP contribution < -0.4 is 20.9 Å². The number of rotatable bonds is 8. The summed E-state index contributed by atoms with van der Waals surface area (Å²) in [6, 6.07) is 10.5. The molecular formula is C22H20N4O4S2. The monoisotopic (exact) mass is 468 g/mol. The average molecular weight is 469 g/mol. The van der Waals surface area contributed by atoms with Gasteiger partial charge in [0, 0.05) is 28.1 Å². The minimum atomic E-state index is -0.350. The average Bonchev–Trinajstić information content (AvgIpc) is 3.45. The maximum atomic E-state index is 13.0. The van der Waals surface area contributed by atoms with Crippen LogP contribution in [0.4, 0.5) is 5.69 Å². The van der Waals surface area contributed by atoms with Crippen LogP contribution in [0, 0.1) is 0 Å². The number of benzene rings is 1. The second-order valence-electron chi connectivity index (χ2n) is 6.80. The highest BCUT2D eigenvalue weighted by Gasteiger charge is 2.15. The Bertz CT molecular complexity index is 1290. The summed E-state index contributed by atoms with van der Waals surface area (Å²) in [6.07, 6.45) is 1.40. The number of carbonyl (C=O) groups excluding carboxylic acids is 2. The van der Waals surface area contributed by atoms with Crippen molar-refractivity contribution in [1.29, 1.82) is 0 Å². The van der Waals surface area contributed by atoms with Gasteiger partial charge in [-0.25, -0.2) is 4.98 Å². The third-order valence-electron chi connectivity index (χ3n) is 4.54. The lowest BCUT2D eigenvalue weighted by molar-refractivity contribution is -0.123. The van der Waals surface area contributed by atoms with Crippen molar-refractivity contribution in [2.75, 3.05) is 18.5 Å². The van der Waals surface area contributed by atoms with Crippen molar-refractivity contribution < 1.29 is 14.3 Å². The van der Waals surface area contributed by atoms with Gasteiger partial charge in [-0.1, -0.05) is 6.07 Å². The lowest BCUT2D eigenvalue weighted by Gasteiger charge is -2.09. The van der Waals surface area contributed by atoms with Crippen LogP contribution in [-0.2, 0) is 16.1 Å². The molecule has 0 unspecified atom stereocenters. The predicted octanol–water partition coefficient (Wildman–Crippen LogP) is 3.34. The summed E-state index contributed by atoms with van der Waals surface area (Å²) in [7, 11) is 0. The Hall–Kier alpha value is -3.50. The fourth-order valence-electron chi connectivity index (χ4n) is 3.08. The normalized spacial score (nSPS) is 10.8. The second-order valence-corrected chi connectivity index (χ2v) is 8.60. The van der Waals surface area contributed by atoms with Crippen LogP contribution in [0.15, 0.2) is 58.3 Å². The number of carbonyl (C=O) groups is 2. The molecule has 0 radical (unpaired) electrons. The van der Waals surface area contributed by atoms with E-state index in [1.54, 1.807) is 35.6 Å². The Morgan fingerprint density at radius 1 is 1.12 bits per heavy atom. The zero-order chi connectivity index (χ0) is 22.5. The molecule has 3 heterocycles. The molecule has 4 rings (SSSR count). The van der Waals surface area contributed by atoms with Gasteiger partial charge in [0.05, 0.1) is 11.7 Å². The van der Waals surface area contributed by atoms with E-state index in [0.717, 1.165) is 10.4 Å². The van der Waals surface area contributed by atoms with Crippen LogP contribution in [0.3, 0.4) is 0 Å². The second kappa shape index (κ2) is 9.75. The standard InChI is InChI=1S/C22H20N4O4S2/c1-2-23-19(28)11-30-15-7-5-14(6-8-15)25-18(27)10-26-13-24-21-20(22(26)29)16(12-32-21)17-4-3-9-31-17/h3-9,12-13H,2,10-11H2,1H3,(H,23,28)(H,25,27). The van der Waals surface area contributed by atoms with Crippen LogP contribution in [0.5, 0.6) is 5.75 Å². The number of nitrogens with one attached hydrogen (secondary N) is 2. The van der Waals surface area contributed by atoms with E-state index in [0.29, 0.717) is 28.2 Å². The number of thiophene rings is 2. The number of likely N-dealkylation sites (N-methyl/N-ethyl adjacent to an activating group) is 1. The lowest BCUT2D eigenvalue weighted by Crippen LogP contribution is -2.28. The van der Waals surface area contributed by atoms with Crippen molar-refractivity contribution in [1.82, 2.24) is 14.9 Å². The van der Waals surface area contributed by atoms with E-state index in [4.69, 9.17) is 4.74 Å². The largest absolute Gasteiger partial charge is 0.484 e. The molecule has 0 aliphatic rings. The van der Waals surface area contributed by atoms with E-state index in [9.17, 15) is 14.4 Å². The molecule has 0 saturated heterocycles. The summed E-state index contributed by atoms with van der Waals surface area (Å²) in [5.74, 6) is -0.0374. The van der Waals surface area contributed by atoms with E-state index in [1.807, 2.05) is 29.8 Å². The van der Waals surface area contributed by atoms with Gasteiger partial charge in [0.1, 0.15) is 17.1 Å². The summed E-state index contributed by atoms with van der Waals surface area (Å²) in [6.45, 7) is 2.14. The van der Waals surface area contributed by atoms with E-state index in [2.05, 4.69) is 15.6 Å². The van der Waals surface area contributed by atoms with Crippen molar-refractivity contribution in [2.24, 2.45) is 0 Å². The number of aromatic nitrogens is 2. The number of anilines is 1. The molecule has 0 fully saturated rings. The van der Waals surface area contributed by atoms with E-state index >= 15 is 0 Å². The van der Waals surface area contributed by atoms with E-state index in [1.165, 1.54) is 22.2 Å². The summed E-state index contributed by atoms with van der Waals surface area (Å²) >= 11 is 2.96. The molecule has 2 amide bonds. The number of ether oxygens (including phenoxy) is 1. The molecule has 3 aromatic heterocycles. The van der Waals surface area contributed by atoms with Crippen molar-refractivity contribution in [3.05, 3.63) is 63.8 Å². The van der Waals surface area contributed by atoms with Gasteiger partial charge >= 0.3 is 0 Å². The summed E-state index contributed by atoms with van der Waals surface area (Å²) in [5.41, 5.74) is 1.15. The third-order valence-corrected chi connectivity index (χ3v) is 6.33. The van der Waals surface area contributed by atoms with Crippen LogP contribution in [0.1, 0.15) is 6.92 Å². The number of hydrogen-bond donors (Lipinski definition) is 2. The Labute approximate surface area is 191 Å². The van der Waals surface area contributed by atoms with Crippen LogP contribution in [-0.4, -0.2) is 34.5 Å². The van der Waals surface area contributed by atoms with Crippen LogP contribution in [0.25, 0.3) is 20.7 Å². The van der Waals surface area contributed by atoms with E-state index < -0.39 is 0 Å². The van der Waals surface area contributed by atoms with Crippen molar-refractivity contribution in [3.8, 4) is 16.2 Å². The van der Waals surface area contributed by atoms with Gasteiger partial charge in [0.25, 0.3) is 11.5 Å². The first-order chi connectivity index (χ1) is 15.5. The minimum Gasteiger partial charge on any atom is -0.484 e. The van der Waals surface area contributed by atoms with Crippen LogP contribution in [0.2, 0.25) is 0 Å². The van der Waals surface area contributed by atoms with Gasteiger partial charge in [-0.05, 0) is 42.6 Å². The summed E-state index contributed by atoms with van der Waals surface area (Å²) < 4.78 is 6.70. The molecule has 0 aliphatic carbocycles. The van der Waals surface area contributed by atoms with Crippen molar-refractivity contribution in [2.45, 2.75) is 13.5 Å². The zero-order valence-electron chi connectivity index (χ0n) is 17.2. The molecule has 2 N–H and O–H groups in total. The topological polar surface area (TPSA) is 102 Å². The fraction of sp³-hybridized carbons (Fsp3) is 0.182. The van der Waals surface area contributed by atoms with Gasteiger partial charge in [0.15, 0.2) is 6.61 Å². The predicted molar refractivity (Wildman–Crippen MR) is 126 cm³/mol. The molecule has 0 atom stereocenters. The Kier molecular flexibility index (Phi) is 6.62. The quantitative estimate of drug-likeness (QED) is 0.413.